The van der Waals surface area contributed by atoms with Crippen molar-refractivity contribution in [2.45, 2.75) is 19.4 Å². The first-order chi connectivity index (χ1) is 11.6. The Morgan fingerprint density at radius 2 is 2.08 bits per heavy atom. The molecule has 5 nitrogen and oxygen atoms in total. The molecular weight excluding hydrogens is 370 g/mol. The van der Waals surface area contributed by atoms with Crippen LogP contribution in [-0.4, -0.2) is 25.3 Å². The number of nitrogens with one attached hydrogen (secondary N) is 2. The number of amides is 1. The van der Waals surface area contributed by atoms with E-state index in [1.54, 1.807) is 13.3 Å². The van der Waals surface area contributed by atoms with Gasteiger partial charge in [0.25, 0.3) is 5.91 Å². The van der Waals surface area contributed by atoms with E-state index in [4.69, 9.17) is 4.74 Å². The number of hydrogen-bond donors (Lipinski definition) is 2. The van der Waals surface area contributed by atoms with Gasteiger partial charge in [-0.1, -0.05) is 41.1 Å². The SMILES string of the molecule is CC[C@H](Nc1cccc(Br)c1)C(=O)NN=Cc1cccc(OC)c1. The Morgan fingerprint density at radius 3 is 2.79 bits per heavy atom. The van der Waals surface area contributed by atoms with Gasteiger partial charge in [0.1, 0.15) is 11.8 Å². The number of benzene rings is 2. The van der Waals surface area contributed by atoms with Crippen LogP contribution in [0.2, 0.25) is 0 Å². The lowest BCUT2D eigenvalue weighted by molar-refractivity contribution is -0.121. The first kappa shape index (κ1) is 18.0. The number of carbonyl (C=O) groups excluding carboxylic acids is 1. The largest absolute Gasteiger partial charge is 0.497 e. The molecule has 0 aliphatic heterocycles. The third kappa shape index (κ3) is 5.38. The van der Waals surface area contributed by atoms with Crippen molar-refractivity contribution >= 4 is 33.7 Å². The van der Waals surface area contributed by atoms with Crippen LogP contribution >= 0.6 is 15.9 Å². The highest BCUT2D eigenvalue weighted by Gasteiger charge is 2.15. The zero-order valence-electron chi connectivity index (χ0n) is 13.6. The second kappa shape index (κ2) is 9.08. The molecule has 0 spiro atoms. The topological polar surface area (TPSA) is 62.7 Å². The van der Waals surface area contributed by atoms with Gasteiger partial charge in [-0.15, -0.1) is 0 Å². The van der Waals surface area contributed by atoms with E-state index >= 15 is 0 Å². The molecular formula is C18H20BrN3O2. The number of hydrazone groups is 1. The molecule has 24 heavy (non-hydrogen) atoms. The maximum absolute atomic E-state index is 12.3. The molecule has 0 unspecified atom stereocenters. The summed E-state index contributed by atoms with van der Waals surface area (Å²) in [5, 5.41) is 7.22. The van der Waals surface area contributed by atoms with Gasteiger partial charge in [-0.3, -0.25) is 4.79 Å². The molecule has 0 bridgehead atoms. The van der Waals surface area contributed by atoms with E-state index in [2.05, 4.69) is 31.8 Å². The van der Waals surface area contributed by atoms with Crippen molar-refractivity contribution < 1.29 is 9.53 Å². The van der Waals surface area contributed by atoms with E-state index in [-0.39, 0.29) is 11.9 Å². The fraction of sp³-hybridized carbons (Fsp3) is 0.222. The number of halogens is 1. The molecule has 1 atom stereocenters. The van der Waals surface area contributed by atoms with Crippen LogP contribution in [-0.2, 0) is 4.79 Å². The summed E-state index contributed by atoms with van der Waals surface area (Å²) in [6.07, 6.45) is 2.24. The van der Waals surface area contributed by atoms with Crippen LogP contribution in [0.25, 0.3) is 0 Å². The summed E-state index contributed by atoms with van der Waals surface area (Å²) >= 11 is 3.42. The van der Waals surface area contributed by atoms with E-state index in [9.17, 15) is 4.79 Å². The molecule has 2 aromatic carbocycles. The van der Waals surface area contributed by atoms with Crippen LogP contribution < -0.4 is 15.5 Å². The Labute approximate surface area is 150 Å². The zero-order valence-corrected chi connectivity index (χ0v) is 15.2. The van der Waals surface area contributed by atoms with Crippen molar-refractivity contribution in [3.63, 3.8) is 0 Å². The molecule has 2 rings (SSSR count). The molecule has 0 saturated heterocycles. The maximum Gasteiger partial charge on any atom is 0.262 e. The van der Waals surface area contributed by atoms with Crippen LogP contribution in [0, 0.1) is 0 Å². The number of carbonyl (C=O) groups is 1. The average Bonchev–Trinajstić information content (AvgIpc) is 2.59. The van der Waals surface area contributed by atoms with Crippen molar-refractivity contribution in [1.82, 2.24) is 5.43 Å². The minimum absolute atomic E-state index is 0.184. The van der Waals surface area contributed by atoms with Crippen molar-refractivity contribution in [1.29, 1.82) is 0 Å². The molecule has 0 saturated carbocycles. The zero-order chi connectivity index (χ0) is 17.4. The Bertz CT molecular complexity index is 719. The molecule has 0 aliphatic rings. The lowest BCUT2D eigenvalue weighted by atomic mass is 10.2. The quantitative estimate of drug-likeness (QED) is 0.559. The summed E-state index contributed by atoms with van der Waals surface area (Å²) in [6, 6.07) is 14.8. The molecule has 0 heterocycles. The van der Waals surface area contributed by atoms with Gasteiger partial charge in [0.05, 0.1) is 13.3 Å². The van der Waals surface area contributed by atoms with E-state index in [1.165, 1.54) is 0 Å². The number of nitrogens with zero attached hydrogens (tertiary/aromatic N) is 1. The Balaban J connectivity index is 1.95. The predicted molar refractivity (Wildman–Crippen MR) is 101 cm³/mol. The van der Waals surface area contributed by atoms with Crippen LogP contribution in [0.4, 0.5) is 5.69 Å². The highest BCUT2D eigenvalue weighted by molar-refractivity contribution is 9.10. The summed E-state index contributed by atoms with van der Waals surface area (Å²) in [6.45, 7) is 1.95. The van der Waals surface area contributed by atoms with Crippen LogP contribution in [0.1, 0.15) is 18.9 Å². The molecule has 0 aromatic heterocycles. The first-order valence-electron chi connectivity index (χ1n) is 7.61. The standard InChI is InChI=1S/C18H20BrN3O2/c1-3-17(21-15-8-5-7-14(19)11-15)18(23)22-20-12-13-6-4-9-16(10-13)24-2/h4-12,17,21H,3H2,1-2H3,(H,22,23)/t17-/m0/s1. The van der Waals surface area contributed by atoms with Gasteiger partial charge in [-0.05, 0) is 42.3 Å². The van der Waals surface area contributed by atoms with E-state index < -0.39 is 0 Å². The van der Waals surface area contributed by atoms with Gasteiger partial charge in [-0.25, -0.2) is 5.43 Å². The lowest BCUT2D eigenvalue weighted by Gasteiger charge is -2.16. The number of methoxy groups -OCH3 is 1. The number of hydrogen-bond acceptors (Lipinski definition) is 4. The number of anilines is 1. The third-order valence-electron chi connectivity index (χ3n) is 3.37. The second-order valence-electron chi connectivity index (χ2n) is 5.13. The predicted octanol–water partition coefficient (Wildman–Crippen LogP) is 3.80. The minimum atomic E-state index is -0.359. The van der Waals surface area contributed by atoms with Gasteiger partial charge in [0.2, 0.25) is 0 Å². The Hall–Kier alpha value is -2.34. The van der Waals surface area contributed by atoms with Crippen molar-refractivity contribution in [2.75, 3.05) is 12.4 Å². The summed E-state index contributed by atoms with van der Waals surface area (Å²) < 4.78 is 6.11. The smallest absolute Gasteiger partial charge is 0.262 e. The monoisotopic (exact) mass is 389 g/mol. The summed E-state index contributed by atoms with van der Waals surface area (Å²) in [7, 11) is 1.61. The van der Waals surface area contributed by atoms with Crippen LogP contribution in [0.15, 0.2) is 58.1 Å². The van der Waals surface area contributed by atoms with Gasteiger partial charge in [0.15, 0.2) is 0 Å². The fourth-order valence-electron chi connectivity index (χ4n) is 2.10. The molecule has 0 aliphatic carbocycles. The normalized spacial score (nSPS) is 12.0. The first-order valence-corrected chi connectivity index (χ1v) is 8.40. The summed E-state index contributed by atoms with van der Waals surface area (Å²) in [5.41, 5.74) is 4.30. The molecule has 0 fully saturated rings. The van der Waals surface area contributed by atoms with Gasteiger partial charge < -0.3 is 10.1 Å². The Morgan fingerprint density at radius 1 is 1.29 bits per heavy atom. The molecule has 2 N–H and O–H groups in total. The maximum atomic E-state index is 12.3. The average molecular weight is 390 g/mol. The van der Waals surface area contributed by atoms with E-state index in [0.717, 1.165) is 21.5 Å². The fourth-order valence-corrected chi connectivity index (χ4v) is 2.50. The van der Waals surface area contributed by atoms with E-state index in [1.807, 2.05) is 55.5 Å². The molecule has 0 radical (unpaired) electrons. The van der Waals surface area contributed by atoms with Crippen LogP contribution in [0.3, 0.4) is 0 Å². The number of ether oxygens (including phenoxy) is 1. The third-order valence-corrected chi connectivity index (χ3v) is 3.87. The molecule has 1 amide bonds. The lowest BCUT2D eigenvalue weighted by Crippen LogP contribution is -2.36. The van der Waals surface area contributed by atoms with Gasteiger partial charge in [-0.2, -0.15) is 5.10 Å². The van der Waals surface area contributed by atoms with Crippen molar-refractivity contribution in [3.8, 4) is 5.75 Å². The van der Waals surface area contributed by atoms with Gasteiger partial charge in [0, 0.05) is 10.2 Å². The van der Waals surface area contributed by atoms with E-state index in [0.29, 0.717) is 6.42 Å². The summed E-state index contributed by atoms with van der Waals surface area (Å²) in [4.78, 5) is 12.3. The summed E-state index contributed by atoms with van der Waals surface area (Å²) in [5.74, 6) is 0.560. The molecule has 126 valence electrons. The Kier molecular flexibility index (Phi) is 6.81. The second-order valence-corrected chi connectivity index (χ2v) is 6.04. The molecule has 6 heteroatoms. The van der Waals surface area contributed by atoms with Crippen molar-refractivity contribution in [2.24, 2.45) is 5.10 Å². The highest BCUT2D eigenvalue weighted by atomic mass is 79.9. The van der Waals surface area contributed by atoms with Gasteiger partial charge >= 0.3 is 0 Å². The molecule has 2 aromatic rings. The van der Waals surface area contributed by atoms with Crippen molar-refractivity contribution in [3.05, 3.63) is 58.6 Å². The van der Waals surface area contributed by atoms with Crippen LogP contribution in [0.5, 0.6) is 5.75 Å². The minimum Gasteiger partial charge on any atom is -0.497 e. The number of rotatable bonds is 7. The highest BCUT2D eigenvalue weighted by Crippen LogP contribution is 2.17.